The zero-order chi connectivity index (χ0) is 15.4. The lowest BCUT2D eigenvalue weighted by atomic mass is 10.1. The molecule has 2 nitrogen and oxygen atoms in total. The highest BCUT2D eigenvalue weighted by Gasteiger charge is 2.47. The van der Waals surface area contributed by atoms with Gasteiger partial charge in [-0.2, -0.15) is 0 Å². The van der Waals surface area contributed by atoms with Crippen LogP contribution in [0.5, 0.6) is 0 Å². The second-order valence-corrected chi connectivity index (χ2v) is 11.8. The standard InChI is InChI=1S/C16H32O2Si/c1-10-15(17)16(11(2)3)18-19(12(4)5,13(6)7)14(8)9/h10,12-17H,1-2H2,3-9H3/t15-,16+/m1/s1. The van der Waals surface area contributed by atoms with Crippen molar-refractivity contribution in [2.24, 2.45) is 0 Å². The summed E-state index contributed by atoms with van der Waals surface area (Å²) in [5, 5.41) is 10.1. The van der Waals surface area contributed by atoms with Gasteiger partial charge >= 0.3 is 0 Å². The molecule has 19 heavy (non-hydrogen) atoms. The van der Waals surface area contributed by atoms with Crippen molar-refractivity contribution in [1.82, 2.24) is 0 Å². The Morgan fingerprint density at radius 1 is 1.05 bits per heavy atom. The van der Waals surface area contributed by atoms with Crippen molar-refractivity contribution in [3.8, 4) is 0 Å². The van der Waals surface area contributed by atoms with Crippen molar-refractivity contribution in [2.75, 3.05) is 0 Å². The first-order valence-electron chi connectivity index (χ1n) is 7.25. The van der Waals surface area contributed by atoms with E-state index in [9.17, 15) is 5.11 Å². The summed E-state index contributed by atoms with van der Waals surface area (Å²) in [5.74, 6) is 0. The third-order valence-electron chi connectivity index (χ3n) is 4.08. The Bertz CT molecular complexity index is 286. The van der Waals surface area contributed by atoms with Crippen molar-refractivity contribution in [3.05, 3.63) is 24.8 Å². The smallest absolute Gasteiger partial charge is 0.201 e. The molecule has 0 rings (SSSR count). The molecule has 0 spiro atoms. The first-order chi connectivity index (χ1) is 8.61. The van der Waals surface area contributed by atoms with Gasteiger partial charge in [0.1, 0.15) is 6.10 Å². The molecule has 0 amide bonds. The number of rotatable bonds is 8. The molecule has 0 saturated carbocycles. The Hall–Kier alpha value is -0.383. The van der Waals surface area contributed by atoms with Gasteiger partial charge < -0.3 is 9.53 Å². The van der Waals surface area contributed by atoms with Crippen LogP contribution in [-0.4, -0.2) is 25.6 Å². The van der Waals surface area contributed by atoms with Gasteiger partial charge in [-0.1, -0.05) is 59.8 Å². The SMILES string of the molecule is C=C[C@@H](O)[C@@H](O[Si](C(C)C)(C(C)C)C(C)C)C(=C)C. The van der Waals surface area contributed by atoms with Gasteiger partial charge in [0.05, 0.1) is 6.10 Å². The maximum Gasteiger partial charge on any atom is 0.201 e. The van der Waals surface area contributed by atoms with Gasteiger partial charge in [-0.3, -0.25) is 0 Å². The van der Waals surface area contributed by atoms with E-state index in [1.165, 1.54) is 0 Å². The van der Waals surface area contributed by atoms with Gasteiger partial charge in [0.15, 0.2) is 0 Å². The van der Waals surface area contributed by atoms with E-state index in [0.717, 1.165) is 5.57 Å². The average Bonchev–Trinajstić information content (AvgIpc) is 2.27. The van der Waals surface area contributed by atoms with E-state index in [2.05, 4.69) is 54.7 Å². The minimum atomic E-state index is -2.00. The summed E-state index contributed by atoms with van der Waals surface area (Å²) in [5.41, 5.74) is 2.34. The quantitative estimate of drug-likeness (QED) is 0.518. The van der Waals surface area contributed by atoms with Gasteiger partial charge in [-0.25, -0.2) is 0 Å². The molecule has 1 N–H and O–H groups in total. The van der Waals surface area contributed by atoms with Crippen molar-refractivity contribution >= 4 is 8.32 Å². The fourth-order valence-corrected chi connectivity index (χ4v) is 8.81. The van der Waals surface area contributed by atoms with Crippen molar-refractivity contribution in [2.45, 2.75) is 77.3 Å². The summed E-state index contributed by atoms with van der Waals surface area (Å²) in [6.07, 6.45) is 0.524. The van der Waals surface area contributed by atoms with Crippen molar-refractivity contribution in [3.63, 3.8) is 0 Å². The number of hydrogen-bond donors (Lipinski definition) is 1. The van der Waals surface area contributed by atoms with Crippen LogP contribution in [-0.2, 0) is 4.43 Å². The van der Waals surface area contributed by atoms with Gasteiger partial charge in [0.25, 0.3) is 0 Å². The fraction of sp³-hybridized carbons (Fsp3) is 0.750. The molecule has 0 aliphatic rings. The molecule has 0 aliphatic carbocycles. The molecule has 0 saturated heterocycles. The summed E-state index contributed by atoms with van der Waals surface area (Å²) < 4.78 is 6.55. The number of aliphatic hydroxyl groups excluding tert-OH is 1. The van der Waals surface area contributed by atoms with E-state index >= 15 is 0 Å². The van der Waals surface area contributed by atoms with Gasteiger partial charge in [0.2, 0.25) is 8.32 Å². The van der Waals surface area contributed by atoms with Crippen molar-refractivity contribution < 1.29 is 9.53 Å². The molecule has 0 heterocycles. The van der Waals surface area contributed by atoms with Crippen LogP contribution in [0.3, 0.4) is 0 Å². The maximum absolute atomic E-state index is 10.1. The zero-order valence-corrected chi connectivity index (χ0v) is 14.7. The minimum Gasteiger partial charge on any atom is -0.407 e. The highest BCUT2D eigenvalue weighted by molar-refractivity contribution is 6.77. The molecule has 0 bridgehead atoms. The molecule has 2 atom stereocenters. The lowest BCUT2D eigenvalue weighted by molar-refractivity contribution is 0.0775. The van der Waals surface area contributed by atoms with Crippen LogP contribution in [0.15, 0.2) is 24.8 Å². The van der Waals surface area contributed by atoms with Gasteiger partial charge in [-0.05, 0) is 23.5 Å². The van der Waals surface area contributed by atoms with E-state index in [4.69, 9.17) is 4.43 Å². The third kappa shape index (κ3) is 4.04. The van der Waals surface area contributed by atoms with Crippen LogP contribution in [0.1, 0.15) is 48.5 Å². The number of aliphatic hydroxyl groups is 1. The predicted molar refractivity (Wildman–Crippen MR) is 86.9 cm³/mol. The van der Waals surface area contributed by atoms with Crippen LogP contribution >= 0.6 is 0 Å². The molecule has 3 heteroatoms. The first kappa shape index (κ1) is 18.6. The Balaban J connectivity index is 5.51. The highest BCUT2D eigenvalue weighted by Crippen LogP contribution is 2.43. The molecular weight excluding hydrogens is 252 g/mol. The summed E-state index contributed by atoms with van der Waals surface area (Å²) >= 11 is 0. The normalized spacial score (nSPS) is 15.9. The molecule has 0 radical (unpaired) electrons. The van der Waals surface area contributed by atoms with Gasteiger partial charge in [-0.15, -0.1) is 6.58 Å². The molecule has 0 fully saturated rings. The molecule has 112 valence electrons. The Kier molecular flexibility index (Phi) is 7.26. The van der Waals surface area contributed by atoms with Gasteiger partial charge in [0, 0.05) is 0 Å². The van der Waals surface area contributed by atoms with Crippen LogP contribution in [0.4, 0.5) is 0 Å². The van der Waals surface area contributed by atoms with Crippen LogP contribution in [0.25, 0.3) is 0 Å². The molecule has 0 unspecified atom stereocenters. The summed E-state index contributed by atoms with van der Waals surface area (Å²) in [6.45, 7) is 23.0. The molecular formula is C16H32O2Si. The Morgan fingerprint density at radius 2 is 1.42 bits per heavy atom. The second-order valence-electron chi connectivity index (χ2n) is 6.43. The van der Waals surface area contributed by atoms with Crippen molar-refractivity contribution in [1.29, 1.82) is 0 Å². The van der Waals surface area contributed by atoms with Crippen LogP contribution < -0.4 is 0 Å². The summed E-state index contributed by atoms with van der Waals surface area (Å²) in [7, 11) is -2.00. The van der Waals surface area contributed by atoms with E-state index in [-0.39, 0.29) is 6.10 Å². The summed E-state index contributed by atoms with van der Waals surface area (Å²) in [4.78, 5) is 0. The van der Waals surface area contributed by atoms with E-state index < -0.39 is 14.4 Å². The molecule has 0 aromatic carbocycles. The number of hydrogen-bond acceptors (Lipinski definition) is 2. The highest BCUT2D eigenvalue weighted by atomic mass is 28.4. The van der Waals surface area contributed by atoms with E-state index in [0.29, 0.717) is 16.6 Å². The second kappa shape index (κ2) is 7.41. The largest absolute Gasteiger partial charge is 0.407 e. The third-order valence-corrected chi connectivity index (χ3v) is 10.2. The first-order valence-corrected chi connectivity index (χ1v) is 9.39. The Morgan fingerprint density at radius 3 is 1.63 bits per heavy atom. The summed E-state index contributed by atoms with van der Waals surface area (Å²) in [6, 6.07) is 0. The average molecular weight is 285 g/mol. The van der Waals surface area contributed by atoms with Crippen LogP contribution in [0, 0.1) is 0 Å². The molecule has 0 aromatic heterocycles. The lowest BCUT2D eigenvalue weighted by Crippen LogP contribution is -2.52. The Labute approximate surface area is 120 Å². The van der Waals surface area contributed by atoms with Crippen LogP contribution in [0.2, 0.25) is 16.6 Å². The predicted octanol–water partition coefficient (Wildman–Crippen LogP) is 4.67. The maximum atomic E-state index is 10.1. The van der Waals surface area contributed by atoms with E-state index in [1.54, 1.807) is 6.08 Å². The van der Waals surface area contributed by atoms with E-state index in [1.807, 2.05) is 6.92 Å². The topological polar surface area (TPSA) is 29.5 Å². The molecule has 0 aromatic rings. The minimum absolute atomic E-state index is 0.337. The fourth-order valence-electron chi connectivity index (χ4n) is 3.21. The molecule has 0 aliphatic heterocycles. The monoisotopic (exact) mass is 284 g/mol. The lowest BCUT2D eigenvalue weighted by Gasteiger charge is -2.45. The zero-order valence-electron chi connectivity index (χ0n) is 13.7.